The van der Waals surface area contributed by atoms with Gasteiger partial charge in [0, 0.05) is 6.42 Å². The van der Waals surface area contributed by atoms with Crippen LogP contribution >= 0.6 is 0 Å². The molecule has 4 atom stereocenters. The Hall–Kier alpha value is -0.940. The fraction of sp³-hybridized carbons (Fsp3) is 0.700. The predicted octanol–water partition coefficient (Wildman–Crippen LogP) is 3.03. The molecular weight excluding hydrogens is 304 g/mol. The van der Waals surface area contributed by atoms with E-state index in [9.17, 15) is 15.3 Å². The van der Waals surface area contributed by atoms with E-state index in [1.54, 1.807) is 6.92 Å². The number of fused-ring (bicyclic) bond motifs is 1. The van der Waals surface area contributed by atoms with Crippen molar-refractivity contribution in [3.05, 3.63) is 34.9 Å². The highest BCUT2D eigenvalue weighted by molar-refractivity contribution is 5.26. The van der Waals surface area contributed by atoms with Gasteiger partial charge < -0.3 is 20.1 Å². The molecule has 24 heavy (non-hydrogen) atoms. The van der Waals surface area contributed by atoms with Gasteiger partial charge in [-0.15, -0.1) is 0 Å². The van der Waals surface area contributed by atoms with E-state index in [0.29, 0.717) is 18.1 Å². The third kappa shape index (κ3) is 4.79. The number of aliphatic hydroxyl groups is 3. The highest BCUT2D eigenvalue weighted by Gasteiger charge is 2.50. The maximum atomic E-state index is 10.5. The van der Waals surface area contributed by atoms with E-state index in [1.165, 1.54) is 5.57 Å². The molecule has 0 aromatic rings. The Morgan fingerprint density at radius 1 is 1.33 bits per heavy atom. The Labute approximate surface area is 145 Å². The topological polar surface area (TPSA) is 73.2 Å². The van der Waals surface area contributed by atoms with Crippen LogP contribution in [0.15, 0.2) is 34.9 Å². The molecule has 1 aliphatic heterocycles. The lowest BCUT2D eigenvalue weighted by Gasteiger charge is -2.26. The zero-order valence-electron chi connectivity index (χ0n) is 15.4. The van der Waals surface area contributed by atoms with Crippen LogP contribution in [0.4, 0.5) is 0 Å². The molecule has 0 bridgehead atoms. The van der Waals surface area contributed by atoms with Gasteiger partial charge >= 0.3 is 0 Å². The molecule has 2 aliphatic rings. The van der Waals surface area contributed by atoms with E-state index >= 15 is 0 Å². The number of hydrogen-bond acceptors (Lipinski definition) is 4. The Morgan fingerprint density at radius 3 is 2.71 bits per heavy atom. The van der Waals surface area contributed by atoms with Crippen LogP contribution in [0.25, 0.3) is 0 Å². The molecule has 4 heteroatoms. The standard InChI is InChI=1S/C20H32O4/c1-14-7-9-16(19(3,23)13-21)12-17(22)15(2)6-5-11-20(4)18(24-20)10-8-14/h6-7,9,17-18,21-23H,5,8,10-13H2,1-4H3/b14-7+,15-6+,16-9+/t17-,18?,19?,20?/m1/s1. The molecule has 3 unspecified atom stereocenters. The highest BCUT2D eigenvalue weighted by atomic mass is 16.6. The zero-order chi connectivity index (χ0) is 18.0. The Kier molecular flexibility index (Phi) is 6.08. The fourth-order valence-corrected chi connectivity index (χ4v) is 3.22. The first kappa shape index (κ1) is 19.4. The maximum Gasteiger partial charge on any atom is 0.106 e. The van der Waals surface area contributed by atoms with Crippen LogP contribution in [-0.4, -0.2) is 45.3 Å². The largest absolute Gasteiger partial charge is 0.393 e. The van der Waals surface area contributed by atoms with Crippen molar-refractivity contribution in [3.8, 4) is 0 Å². The predicted molar refractivity (Wildman–Crippen MR) is 95.7 cm³/mol. The van der Waals surface area contributed by atoms with Crippen LogP contribution in [0.3, 0.4) is 0 Å². The summed E-state index contributed by atoms with van der Waals surface area (Å²) >= 11 is 0. The number of aliphatic hydroxyl groups excluding tert-OH is 2. The minimum atomic E-state index is -1.33. The number of hydrogen-bond donors (Lipinski definition) is 3. The van der Waals surface area contributed by atoms with Gasteiger partial charge in [0.2, 0.25) is 0 Å². The number of rotatable bonds is 2. The minimum Gasteiger partial charge on any atom is -0.393 e. The molecular formula is C20H32O4. The van der Waals surface area contributed by atoms with Crippen LogP contribution in [0.1, 0.15) is 59.8 Å². The van der Waals surface area contributed by atoms with Crippen molar-refractivity contribution in [2.45, 2.75) is 83.2 Å². The van der Waals surface area contributed by atoms with Gasteiger partial charge in [0.1, 0.15) is 5.60 Å². The molecule has 2 rings (SSSR count). The van der Waals surface area contributed by atoms with Crippen molar-refractivity contribution in [2.75, 3.05) is 6.61 Å². The lowest BCUT2D eigenvalue weighted by Crippen LogP contribution is -2.33. The monoisotopic (exact) mass is 336 g/mol. The summed E-state index contributed by atoms with van der Waals surface area (Å²) in [6, 6.07) is 0. The second-order valence-corrected chi connectivity index (χ2v) is 7.80. The van der Waals surface area contributed by atoms with Crippen LogP contribution in [-0.2, 0) is 4.74 Å². The molecule has 0 aromatic carbocycles. The normalized spacial score (nSPS) is 41.4. The fourth-order valence-electron chi connectivity index (χ4n) is 3.22. The van der Waals surface area contributed by atoms with Gasteiger partial charge in [-0.05, 0) is 64.5 Å². The van der Waals surface area contributed by atoms with E-state index in [1.807, 2.05) is 19.1 Å². The van der Waals surface area contributed by atoms with Gasteiger partial charge in [-0.3, -0.25) is 0 Å². The van der Waals surface area contributed by atoms with E-state index < -0.39 is 11.7 Å². The quantitative estimate of drug-likeness (QED) is 0.535. The SMILES string of the molecule is C/C1=C\C=C(\C(C)(O)CO)C[C@@H](O)/C(C)=C/CCC2(C)OC2CC1. The molecule has 1 heterocycles. The Bertz CT molecular complexity index is 544. The lowest BCUT2D eigenvalue weighted by atomic mass is 9.88. The summed E-state index contributed by atoms with van der Waals surface area (Å²) in [4.78, 5) is 0. The van der Waals surface area contributed by atoms with E-state index in [-0.39, 0.29) is 12.2 Å². The summed E-state index contributed by atoms with van der Waals surface area (Å²) in [5.41, 5.74) is 1.40. The van der Waals surface area contributed by atoms with Crippen LogP contribution in [0.5, 0.6) is 0 Å². The number of allylic oxidation sites excluding steroid dienone is 4. The highest BCUT2D eigenvalue weighted by Crippen LogP contribution is 2.43. The molecule has 136 valence electrons. The van der Waals surface area contributed by atoms with Crippen molar-refractivity contribution in [1.29, 1.82) is 0 Å². The number of epoxide rings is 1. The summed E-state index contributed by atoms with van der Waals surface area (Å²) in [7, 11) is 0. The molecule has 1 aliphatic carbocycles. The first-order chi connectivity index (χ1) is 11.2. The number of ether oxygens (including phenoxy) is 1. The van der Waals surface area contributed by atoms with E-state index in [4.69, 9.17) is 4.74 Å². The smallest absolute Gasteiger partial charge is 0.106 e. The van der Waals surface area contributed by atoms with Gasteiger partial charge in [-0.1, -0.05) is 23.8 Å². The molecule has 0 radical (unpaired) electrons. The van der Waals surface area contributed by atoms with E-state index in [2.05, 4.69) is 19.9 Å². The Morgan fingerprint density at radius 2 is 2.04 bits per heavy atom. The Balaban J connectivity index is 2.26. The first-order valence-electron chi connectivity index (χ1n) is 8.90. The van der Waals surface area contributed by atoms with Gasteiger partial charge in [-0.25, -0.2) is 0 Å². The van der Waals surface area contributed by atoms with Gasteiger partial charge in [0.25, 0.3) is 0 Å². The van der Waals surface area contributed by atoms with Gasteiger partial charge in [-0.2, -0.15) is 0 Å². The molecule has 4 nitrogen and oxygen atoms in total. The molecule has 0 amide bonds. The van der Waals surface area contributed by atoms with Crippen molar-refractivity contribution >= 4 is 0 Å². The molecule has 3 N–H and O–H groups in total. The van der Waals surface area contributed by atoms with Crippen LogP contribution in [0, 0.1) is 0 Å². The minimum absolute atomic E-state index is 0.0202. The molecule has 1 saturated heterocycles. The van der Waals surface area contributed by atoms with Crippen molar-refractivity contribution in [3.63, 3.8) is 0 Å². The second kappa shape index (κ2) is 7.52. The molecule has 0 aromatic heterocycles. The van der Waals surface area contributed by atoms with Crippen LogP contribution < -0.4 is 0 Å². The summed E-state index contributed by atoms with van der Waals surface area (Å²) in [6.45, 7) is 7.36. The summed E-state index contributed by atoms with van der Waals surface area (Å²) in [5.74, 6) is 0. The molecule has 1 fully saturated rings. The van der Waals surface area contributed by atoms with Crippen LogP contribution in [0.2, 0.25) is 0 Å². The third-order valence-corrected chi connectivity index (χ3v) is 5.45. The summed E-state index contributed by atoms with van der Waals surface area (Å²) < 4.78 is 5.88. The first-order valence-corrected chi connectivity index (χ1v) is 8.90. The summed E-state index contributed by atoms with van der Waals surface area (Å²) in [5, 5.41) is 30.4. The summed E-state index contributed by atoms with van der Waals surface area (Å²) in [6.07, 6.45) is 9.65. The second-order valence-electron chi connectivity index (χ2n) is 7.80. The molecule has 0 saturated carbocycles. The average Bonchev–Trinajstić information content (AvgIpc) is 3.18. The van der Waals surface area contributed by atoms with Crippen molar-refractivity contribution in [2.24, 2.45) is 0 Å². The maximum absolute atomic E-state index is 10.5. The van der Waals surface area contributed by atoms with Gasteiger partial charge in [0.05, 0.1) is 24.4 Å². The zero-order valence-corrected chi connectivity index (χ0v) is 15.4. The third-order valence-electron chi connectivity index (χ3n) is 5.45. The average molecular weight is 336 g/mol. The van der Waals surface area contributed by atoms with Crippen molar-refractivity contribution < 1.29 is 20.1 Å². The lowest BCUT2D eigenvalue weighted by molar-refractivity contribution is 0.0263. The van der Waals surface area contributed by atoms with Gasteiger partial charge in [0.15, 0.2) is 0 Å². The van der Waals surface area contributed by atoms with E-state index in [0.717, 1.165) is 31.3 Å². The molecule has 0 spiro atoms. The van der Waals surface area contributed by atoms with Crippen molar-refractivity contribution in [1.82, 2.24) is 0 Å².